The molecule has 0 bridgehead atoms. The number of ether oxygens (including phenoxy) is 2. The lowest BCUT2D eigenvalue weighted by atomic mass is 10.2. The van der Waals surface area contributed by atoms with Crippen LogP contribution in [0.4, 0.5) is 0 Å². The average molecular weight is 220 g/mol. The summed E-state index contributed by atoms with van der Waals surface area (Å²) in [6, 6.07) is 0. The van der Waals surface area contributed by atoms with E-state index in [1.807, 2.05) is 6.92 Å². The molecule has 0 fully saturated rings. The van der Waals surface area contributed by atoms with E-state index in [1.165, 1.54) is 0 Å². The molecule has 0 aromatic rings. The van der Waals surface area contributed by atoms with E-state index in [0.29, 0.717) is 6.61 Å². The highest BCUT2D eigenvalue weighted by atomic mass is 32.1. The van der Waals surface area contributed by atoms with Crippen LogP contribution in [-0.4, -0.2) is 24.6 Å². The standard InChI is InChI=1S/C10H20O3S/c1-3-5-6-7-10(12-4-2)13-9(11)8-14/h10,14H,3-8H2,1-2H3. The number of carbonyl (C=O) groups is 1. The van der Waals surface area contributed by atoms with E-state index in [-0.39, 0.29) is 18.0 Å². The van der Waals surface area contributed by atoms with Crippen LogP contribution in [0.5, 0.6) is 0 Å². The summed E-state index contributed by atoms with van der Waals surface area (Å²) in [4.78, 5) is 11.0. The van der Waals surface area contributed by atoms with Gasteiger partial charge < -0.3 is 9.47 Å². The largest absolute Gasteiger partial charge is 0.435 e. The van der Waals surface area contributed by atoms with Crippen LogP contribution in [0.15, 0.2) is 0 Å². The van der Waals surface area contributed by atoms with Crippen LogP contribution in [0.25, 0.3) is 0 Å². The van der Waals surface area contributed by atoms with Crippen LogP contribution in [0.2, 0.25) is 0 Å². The minimum Gasteiger partial charge on any atom is -0.435 e. The van der Waals surface area contributed by atoms with Crippen molar-refractivity contribution in [1.29, 1.82) is 0 Å². The van der Waals surface area contributed by atoms with Gasteiger partial charge in [-0.15, -0.1) is 0 Å². The van der Waals surface area contributed by atoms with Crippen molar-refractivity contribution in [2.45, 2.75) is 45.8 Å². The first-order valence-corrected chi connectivity index (χ1v) is 5.79. The molecule has 3 nitrogen and oxygen atoms in total. The van der Waals surface area contributed by atoms with Gasteiger partial charge in [-0.05, 0) is 13.3 Å². The molecule has 0 aliphatic rings. The lowest BCUT2D eigenvalue weighted by molar-refractivity contribution is -0.176. The summed E-state index contributed by atoms with van der Waals surface area (Å²) in [5.74, 6) is -0.208. The average Bonchev–Trinajstić information content (AvgIpc) is 2.18. The molecule has 4 heteroatoms. The fourth-order valence-electron chi connectivity index (χ4n) is 1.11. The molecular weight excluding hydrogens is 200 g/mol. The highest BCUT2D eigenvalue weighted by Crippen LogP contribution is 2.08. The van der Waals surface area contributed by atoms with E-state index in [1.54, 1.807) is 0 Å². The van der Waals surface area contributed by atoms with Gasteiger partial charge in [0.25, 0.3) is 0 Å². The molecule has 0 saturated carbocycles. The third-order valence-electron chi connectivity index (χ3n) is 1.79. The molecule has 1 atom stereocenters. The van der Waals surface area contributed by atoms with E-state index in [2.05, 4.69) is 19.6 Å². The van der Waals surface area contributed by atoms with E-state index < -0.39 is 0 Å². The Morgan fingerprint density at radius 2 is 2.07 bits per heavy atom. The summed E-state index contributed by atoms with van der Waals surface area (Å²) >= 11 is 3.84. The Bertz CT molecular complexity index is 150. The fraction of sp³-hybridized carbons (Fsp3) is 0.900. The Balaban J connectivity index is 3.70. The van der Waals surface area contributed by atoms with Gasteiger partial charge in [0.2, 0.25) is 6.29 Å². The van der Waals surface area contributed by atoms with Gasteiger partial charge >= 0.3 is 5.97 Å². The quantitative estimate of drug-likeness (QED) is 0.295. The topological polar surface area (TPSA) is 35.5 Å². The molecule has 0 radical (unpaired) electrons. The maximum atomic E-state index is 11.0. The van der Waals surface area contributed by atoms with E-state index in [9.17, 15) is 4.79 Å². The van der Waals surface area contributed by atoms with E-state index in [4.69, 9.17) is 9.47 Å². The molecule has 0 spiro atoms. The van der Waals surface area contributed by atoms with Crippen molar-refractivity contribution >= 4 is 18.6 Å². The smallest absolute Gasteiger partial charge is 0.317 e. The summed E-state index contributed by atoms with van der Waals surface area (Å²) in [7, 11) is 0. The molecule has 14 heavy (non-hydrogen) atoms. The number of carbonyl (C=O) groups excluding carboxylic acids is 1. The predicted octanol–water partition coefficient (Wildman–Crippen LogP) is 2.40. The summed E-state index contributed by atoms with van der Waals surface area (Å²) in [5, 5.41) is 0. The Hall–Kier alpha value is -0.220. The molecule has 0 saturated heterocycles. The molecule has 0 heterocycles. The lowest BCUT2D eigenvalue weighted by Crippen LogP contribution is -2.22. The molecule has 0 rings (SSSR count). The zero-order valence-electron chi connectivity index (χ0n) is 8.99. The first-order valence-electron chi connectivity index (χ1n) is 5.16. The predicted molar refractivity (Wildman–Crippen MR) is 59.5 cm³/mol. The van der Waals surface area contributed by atoms with Crippen LogP contribution in [-0.2, 0) is 14.3 Å². The zero-order chi connectivity index (χ0) is 10.8. The Morgan fingerprint density at radius 1 is 1.36 bits per heavy atom. The summed E-state index contributed by atoms with van der Waals surface area (Å²) < 4.78 is 10.3. The third kappa shape index (κ3) is 7.21. The van der Waals surface area contributed by atoms with Crippen molar-refractivity contribution < 1.29 is 14.3 Å². The number of hydrogen-bond donors (Lipinski definition) is 1. The van der Waals surface area contributed by atoms with Crippen molar-refractivity contribution in [1.82, 2.24) is 0 Å². The van der Waals surface area contributed by atoms with Crippen LogP contribution in [0, 0.1) is 0 Å². The number of hydrogen-bond acceptors (Lipinski definition) is 4. The second-order valence-corrected chi connectivity index (χ2v) is 3.34. The number of unbranched alkanes of at least 4 members (excludes halogenated alkanes) is 2. The molecule has 0 N–H and O–H groups in total. The normalized spacial score (nSPS) is 12.5. The number of rotatable bonds is 8. The van der Waals surface area contributed by atoms with Crippen LogP contribution < -0.4 is 0 Å². The Morgan fingerprint density at radius 3 is 2.57 bits per heavy atom. The highest BCUT2D eigenvalue weighted by molar-refractivity contribution is 7.81. The molecule has 0 aliphatic heterocycles. The Kier molecular flexibility index (Phi) is 9.19. The van der Waals surface area contributed by atoms with Crippen LogP contribution >= 0.6 is 12.6 Å². The lowest BCUT2D eigenvalue weighted by Gasteiger charge is -2.16. The first kappa shape index (κ1) is 13.8. The molecule has 0 aromatic carbocycles. The number of thiol groups is 1. The summed E-state index contributed by atoms with van der Waals surface area (Å²) in [5.41, 5.74) is 0. The number of esters is 1. The molecule has 0 aromatic heterocycles. The minimum absolute atomic E-state index is 0.108. The van der Waals surface area contributed by atoms with Gasteiger partial charge in [0.1, 0.15) is 0 Å². The zero-order valence-corrected chi connectivity index (χ0v) is 9.89. The highest BCUT2D eigenvalue weighted by Gasteiger charge is 2.12. The maximum absolute atomic E-state index is 11.0. The van der Waals surface area contributed by atoms with Gasteiger partial charge in [-0.25, -0.2) is 0 Å². The maximum Gasteiger partial charge on any atom is 0.317 e. The first-order chi connectivity index (χ1) is 6.74. The van der Waals surface area contributed by atoms with Gasteiger partial charge in [-0.2, -0.15) is 12.6 Å². The molecule has 1 unspecified atom stereocenters. The van der Waals surface area contributed by atoms with Gasteiger partial charge in [-0.1, -0.05) is 19.8 Å². The second-order valence-electron chi connectivity index (χ2n) is 3.03. The molecule has 0 amide bonds. The van der Waals surface area contributed by atoms with Crippen molar-refractivity contribution in [2.75, 3.05) is 12.4 Å². The van der Waals surface area contributed by atoms with Gasteiger partial charge in [-0.3, -0.25) is 4.79 Å². The molecule has 0 aliphatic carbocycles. The van der Waals surface area contributed by atoms with Crippen molar-refractivity contribution in [3.05, 3.63) is 0 Å². The monoisotopic (exact) mass is 220 g/mol. The van der Waals surface area contributed by atoms with Crippen molar-refractivity contribution in [2.24, 2.45) is 0 Å². The molecule has 84 valence electrons. The van der Waals surface area contributed by atoms with Crippen molar-refractivity contribution in [3.63, 3.8) is 0 Å². The fourth-order valence-corrected chi connectivity index (χ4v) is 1.18. The minimum atomic E-state index is -0.383. The third-order valence-corrected chi connectivity index (χ3v) is 2.05. The van der Waals surface area contributed by atoms with Crippen LogP contribution in [0.3, 0.4) is 0 Å². The van der Waals surface area contributed by atoms with Gasteiger partial charge in [0.15, 0.2) is 0 Å². The molecular formula is C10H20O3S. The van der Waals surface area contributed by atoms with E-state index >= 15 is 0 Å². The van der Waals surface area contributed by atoms with Crippen molar-refractivity contribution in [3.8, 4) is 0 Å². The summed E-state index contributed by atoms with van der Waals surface area (Å²) in [6.07, 6.45) is 3.72. The van der Waals surface area contributed by atoms with Gasteiger partial charge in [0, 0.05) is 13.0 Å². The van der Waals surface area contributed by atoms with Gasteiger partial charge in [0.05, 0.1) is 5.75 Å². The van der Waals surface area contributed by atoms with Crippen LogP contribution in [0.1, 0.15) is 39.5 Å². The summed E-state index contributed by atoms with van der Waals surface area (Å²) in [6.45, 7) is 4.59. The Labute approximate surface area is 91.6 Å². The second kappa shape index (κ2) is 9.34. The SMILES string of the molecule is CCCCCC(OCC)OC(=O)CS. The van der Waals surface area contributed by atoms with E-state index in [0.717, 1.165) is 25.7 Å².